The number of hydrogen-bond donors (Lipinski definition) is 2. The molecule has 2 amide bonds. The van der Waals surface area contributed by atoms with Crippen molar-refractivity contribution < 1.29 is 18.0 Å². The summed E-state index contributed by atoms with van der Waals surface area (Å²) in [6.45, 7) is 1.18. The third kappa shape index (κ3) is 4.03. The van der Waals surface area contributed by atoms with Crippen LogP contribution in [-0.2, 0) is 14.6 Å². The van der Waals surface area contributed by atoms with E-state index in [-0.39, 0.29) is 23.8 Å². The molecular weight excluding hydrogens is 284 g/mol. The summed E-state index contributed by atoms with van der Waals surface area (Å²) < 4.78 is 23.0. The van der Waals surface area contributed by atoms with Crippen molar-refractivity contribution in [1.82, 2.24) is 15.6 Å². The molecule has 1 aromatic heterocycles. The molecule has 0 radical (unpaired) electrons. The van der Waals surface area contributed by atoms with Crippen molar-refractivity contribution in [3.63, 3.8) is 0 Å². The number of amides is 2. The van der Waals surface area contributed by atoms with Crippen molar-refractivity contribution in [2.75, 3.05) is 12.9 Å². The molecule has 0 aliphatic carbocycles. The first-order chi connectivity index (χ1) is 9.25. The predicted molar refractivity (Wildman–Crippen MR) is 68.2 cm³/mol. The number of nitrogens with zero attached hydrogens (tertiary/aromatic N) is 2. The molecule has 9 heteroatoms. The van der Waals surface area contributed by atoms with E-state index < -0.39 is 20.8 Å². The van der Waals surface area contributed by atoms with Crippen LogP contribution in [0.3, 0.4) is 0 Å². The highest BCUT2D eigenvalue weighted by atomic mass is 32.2. The van der Waals surface area contributed by atoms with E-state index in [1.165, 1.54) is 19.1 Å². The molecule has 106 valence electrons. The lowest BCUT2D eigenvalue weighted by atomic mass is 10.2. The predicted octanol–water partition coefficient (Wildman–Crippen LogP) is -0.820. The van der Waals surface area contributed by atoms with Gasteiger partial charge in [-0.2, -0.15) is 5.26 Å². The van der Waals surface area contributed by atoms with Gasteiger partial charge in [-0.25, -0.2) is 13.4 Å². The van der Waals surface area contributed by atoms with E-state index in [2.05, 4.69) is 15.6 Å². The molecule has 0 bridgehead atoms. The minimum atomic E-state index is -3.72. The maximum absolute atomic E-state index is 11.7. The zero-order chi connectivity index (χ0) is 15.3. The summed E-state index contributed by atoms with van der Waals surface area (Å²) in [6.07, 6.45) is 0.898. The molecule has 0 spiro atoms. The van der Waals surface area contributed by atoms with Crippen LogP contribution >= 0.6 is 0 Å². The van der Waals surface area contributed by atoms with E-state index >= 15 is 0 Å². The van der Waals surface area contributed by atoms with Crippen LogP contribution in [0.5, 0.6) is 0 Å². The van der Waals surface area contributed by atoms with Crippen LogP contribution < -0.4 is 10.6 Å². The summed E-state index contributed by atoms with van der Waals surface area (Å²) in [6, 6.07) is 4.13. The van der Waals surface area contributed by atoms with E-state index in [1.54, 1.807) is 6.07 Å². The maximum atomic E-state index is 11.7. The Balaban J connectivity index is 3.01. The van der Waals surface area contributed by atoms with Gasteiger partial charge in [-0.1, -0.05) is 0 Å². The van der Waals surface area contributed by atoms with Gasteiger partial charge in [0.2, 0.25) is 5.91 Å². The number of nitrogens with one attached hydrogen (secondary N) is 2. The van der Waals surface area contributed by atoms with Gasteiger partial charge >= 0.3 is 0 Å². The first kappa shape index (κ1) is 15.6. The van der Waals surface area contributed by atoms with Gasteiger partial charge in [-0.05, 0) is 12.1 Å². The van der Waals surface area contributed by atoms with Gasteiger partial charge in [0, 0.05) is 13.2 Å². The molecule has 20 heavy (non-hydrogen) atoms. The Hall–Kier alpha value is -2.47. The first-order valence-electron chi connectivity index (χ1n) is 5.39. The molecular formula is C11H12N4O4S. The number of aromatic nitrogens is 1. The summed E-state index contributed by atoms with van der Waals surface area (Å²) in [7, 11) is -3.72. The van der Waals surface area contributed by atoms with Gasteiger partial charge in [0.1, 0.15) is 11.8 Å². The summed E-state index contributed by atoms with van der Waals surface area (Å²) in [5.74, 6) is -0.983. The Labute approximate surface area is 115 Å². The fourth-order valence-corrected chi connectivity index (χ4v) is 2.05. The van der Waals surface area contributed by atoms with Crippen molar-refractivity contribution in [2.24, 2.45) is 0 Å². The number of rotatable bonds is 4. The van der Waals surface area contributed by atoms with E-state index in [9.17, 15) is 18.0 Å². The normalized spacial score (nSPS) is 10.4. The minimum Gasteiger partial charge on any atom is -0.339 e. The van der Waals surface area contributed by atoms with Gasteiger partial charge in [0.15, 0.2) is 14.9 Å². The average Bonchev–Trinajstić information content (AvgIpc) is 2.36. The lowest BCUT2D eigenvalue weighted by molar-refractivity contribution is -0.118. The molecule has 0 aromatic carbocycles. The minimum absolute atomic E-state index is 0.107. The van der Waals surface area contributed by atoms with Crippen LogP contribution in [0.1, 0.15) is 23.0 Å². The summed E-state index contributed by atoms with van der Waals surface area (Å²) in [5.41, 5.74) is -0.291. The SMILES string of the molecule is CC(=O)NCNC(=O)c1ccc(C#N)c(S(C)(=O)=O)n1. The molecule has 0 atom stereocenters. The van der Waals surface area contributed by atoms with Crippen molar-refractivity contribution in [3.05, 3.63) is 23.4 Å². The number of carbonyl (C=O) groups excluding carboxylic acids is 2. The van der Waals surface area contributed by atoms with E-state index in [1.807, 2.05) is 0 Å². The van der Waals surface area contributed by atoms with Crippen LogP contribution in [0.2, 0.25) is 0 Å². The third-order valence-corrected chi connectivity index (χ3v) is 3.16. The highest BCUT2D eigenvalue weighted by molar-refractivity contribution is 7.90. The average molecular weight is 296 g/mol. The summed E-state index contributed by atoms with van der Waals surface area (Å²) >= 11 is 0. The van der Waals surface area contributed by atoms with Crippen LogP contribution in [0.25, 0.3) is 0 Å². The Kier molecular flexibility index (Phi) is 4.77. The van der Waals surface area contributed by atoms with Crippen molar-refractivity contribution in [3.8, 4) is 6.07 Å². The Bertz CT molecular complexity index is 691. The molecule has 2 N–H and O–H groups in total. The monoisotopic (exact) mass is 296 g/mol. The number of pyridine rings is 1. The zero-order valence-electron chi connectivity index (χ0n) is 10.8. The molecule has 1 rings (SSSR count). The highest BCUT2D eigenvalue weighted by Gasteiger charge is 2.18. The van der Waals surface area contributed by atoms with E-state index in [4.69, 9.17) is 5.26 Å². The lowest BCUT2D eigenvalue weighted by Crippen LogP contribution is -2.36. The Morgan fingerprint density at radius 2 is 2.00 bits per heavy atom. The van der Waals surface area contributed by atoms with Crippen LogP contribution in [0.15, 0.2) is 17.2 Å². The molecule has 0 unspecified atom stereocenters. The van der Waals surface area contributed by atoms with Crippen molar-refractivity contribution >= 4 is 21.7 Å². The van der Waals surface area contributed by atoms with Gasteiger partial charge in [-0.3, -0.25) is 9.59 Å². The largest absolute Gasteiger partial charge is 0.339 e. The number of nitriles is 1. The topological polar surface area (TPSA) is 129 Å². The zero-order valence-corrected chi connectivity index (χ0v) is 11.6. The summed E-state index contributed by atoms with van der Waals surface area (Å²) in [5, 5.41) is 13.0. The second-order valence-corrected chi connectivity index (χ2v) is 5.78. The van der Waals surface area contributed by atoms with E-state index in [0.717, 1.165) is 6.26 Å². The molecule has 8 nitrogen and oxygen atoms in total. The standard InChI is InChI=1S/C11H12N4O4S/c1-7(16)13-6-14-10(17)9-4-3-8(5-12)11(15-9)20(2,18)19/h3-4H,6H2,1-2H3,(H,13,16)(H,14,17). The number of carbonyl (C=O) groups is 2. The molecule has 0 fully saturated rings. The van der Waals surface area contributed by atoms with Gasteiger partial charge in [-0.15, -0.1) is 0 Å². The smallest absolute Gasteiger partial charge is 0.271 e. The quantitative estimate of drug-likeness (QED) is 0.698. The van der Waals surface area contributed by atoms with Gasteiger partial charge in [0.05, 0.1) is 12.2 Å². The van der Waals surface area contributed by atoms with Crippen LogP contribution in [-0.4, -0.2) is 38.1 Å². The lowest BCUT2D eigenvalue weighted by Gasteiger charge is -2.07. The van der Waals surface area contributed by atoms with Gasteiger partial charge in [0.25, 0.3) is 5.91 Å². The molecule has 0 aliphatic heterocycles. The fraction of sp³-hybridized carbons (Fsp3) is 0.273. The first-order valence-corrected chi connectivity index (χ1v) is 7.28. The molecule has 0 aliphatic rings. The van der Waals surface area contributed by atoms with Crippen molar-refractivity contribution in [2.45, 2.75) is 11.9 Å². The second kappa shape index (κ2) is 6.12. The number of hydrogen-bond acceptors (Lipinski definition) is 6. The van der Waals surface area contributed by atoms with Crippen LogP contribution in [0, 0.1) is 11.3 Å². The Morgan fingerprint density at radius 1 is 1.35 bits per heavy atom. The molecule has 1 aromatic rings. The third-order valence-electron chi connectivity index (χ3n) is 2.15. The maximum Gasteiger partial charge on any atom is 0.271 e. The van der Waals surface area contributed by atoms with Crippen molar-refractivity contribution in [1.29, 1.82) is 5.26 Å². The molecule has 0 saturated carbocycles. The fourth-order valence-electron chi connectivity index (χ4n) is 1.27. The second-order valence-electron chi connectivity index (χ2n) is 3.85. The van der Waals surface area contributed by atoms with Gasteiger partial charge < -0.3 is 10.6 Å². The van der Waals surface area contributed by atoms with Crippen LogP contribution in [0.4, 0.5) is 0 Å². The number of sulfone groups is 1. The highest BCUT2D eigenvalue weighted by Crippen LogP contribution is 2.12. The summed E-state index contributed by atoms with van der Waals surface area (Å²) in [4.78, 5) is 26.0. The molecule has 1 heterocycles. The molecule has 0 saturated heterocycles. The van der Waals surface area contributed by atoms with E-state index in [0.29, 0.717) is 0 Å². The Morgan fingerprint density at radius 3 is 2.50 bits per heavy atom.